The van der Waals surface area contributed by atoms with Gasteiger partial charge in [0.25, 0.3) is 0 Å². The number of piperidine rings is 1. The van der Waals surface area contributed by atoms with E-state index in [9.17, 15) is 4.39 Å². The first-order valence-electron chi connectivity index (χ1n) is 8.84. The van der Waals surface area contributed by atoms with E-state index >= 15 is 0 Å². The van der Waals surface area contributed by atoms with Crippen molar-refractivity contribution in [3.8, 4) is 0 Å². The van der Waals surface area contributed by atoms with Crippen molar-refractivity contribution >= 4 is 22.8 Å². The molecule has 0 saturated carbocycles. The van der Waals surface area contributed by atoms with Crippen molar-refractivity contribution in [2.75, 3.05) is 29.4 Å². The first-order chi connectivity index (χ1) is 12.8. The van der Waals surface area contributed by atoms with Crippen LogP contribution in [-0.4, -0.2) is 50.6 Å². The summed E-state index contributed by atoms with van der Waals surface area (Å²) in [7, 11) is 0. The molecule has 0 aliphatic carbocycles. The number of nitrogens with zero attached hydrogens (tertiary/aromatic N) is 7. The van der Waals surface area contributed by atoms with Gasteiger partial charge in [0.05, 0.1) is 23.8 Å². The van der Waals surface area contributed by atoms with Crippen LogP contribution in [0.3, 0.4) is 0 Å². The highest BCUT2D eigenvalue weighted by Gasteiger charge is 2.40. The van der Waals surface area contributed by atoms with Crippen molar-refractivity contribution in [2.24, 2.45) is 5.92 Å². The van der Waals surface area contributed by atoms with Gasteiger partial charge in [-0.1, -0.05) is 0 Å². The van der Waals surface area contributed by atoms with Crippen molar-refractivity contribution in [1.82, 2.24) is 24.9 Å². The molecule has 2 saturated heterocycles. The maximum Gasteiger partial charge on any atom is 0.225 e. The van der Waals surface area contributed by atoms with E-state index < -0.39 is 5.82 Å². The van der Waals surface area contributed by atoms with E-state index in [0.29, 0.717) is 17.9 Å². The Morgan fingerprint density at radius 3 is 2.73 bits per heavy atom. The Hall–Kier alpha value is -2.90. The lowest BCUT2D eigenvalue weighted by molar-refractivity contribution is 0.386. The molecule has 2 aliphatic rings. The summed E-state index contributed by atoms with van der Waals surface area (Å²) >= 11 is 0. The van der Waals surface area contributed by atoms with Gasteiger partial charge in [-0.15, -0.1) is 0 Å². The van der Waals surface area contributed by atoms with E-state index in [2.05, 4.69) is 34.7 Å². The predicted molar refractivity (Wildman–Crippen MR) is 95.4 cm³/mol. The van der Waals surface area contributed by atoms with E-state index in [-0.39, 0.29) is 0 Å². The van der Waals surface area contributed by atoms with Crippen LogP contribution in [0.4, 0.5) is 16.2 Å². The minimum Gasteiger partial charge on any atom is -0.351 e. The van der Waals surface area contributed by atoms with Gasteiger partial charge in [0.1, 0.15) is 12.1 Å². The summed E-state index contributed by atoms with van der Waals surface area (Å²) < 4.78 is 13.1. The van der Waals surface area contributed by atoms with Gasteiger partial charge in [-0.2, -0.15) is 0 Å². The number of hydrogen-bond donors (Lipinski definition) is 0. The maximum absolute atomic E-state index is 13.1. The third-order valence-corrected chi connectivity index (χ3v) is 5.41. The zero-order valence-corrected chi connectivity index (χ0v) is 14.2. The normalized spacial score (nSPS) is 22.7. The minimum atomic E-state index is -0.411. The number of pyridine rings is 1. The highest BCUT2D eigenvalue weighted by molar-refractivity contribution is 5.86. The second-order valence-corrected chi connectivity index (χ2v) is 6.82. The summed E-state index contributed by atoms with van der Waals surface area (Å²) in [6.45, 7) is 2.67. The van der Waals surface area contributed by atoms with Crippen molar-refractivity contribution < 1.29 is 4.39 Å². The lowest BCUT2D eigenvalue weighted by atomic mass is 9.92. The number of hydrogen-bond acceptors (Lipinski definition) is 7. The molecule has 3 aromatic rings. The standard InChI is InChI=1S/C18H18FN7/c19-13-8-21-18(22-9-13)25-6-3-12-4-7-26(15(12)10-25)17-14-2-1-5-20-16(14)23-11-24-17/h1-2,5,8-9,11-12,15H,3-4,6-7,10H2. The average Bonchev–Trinajstić information content (AvgIpc) is 3.11. The molecule has 0 bridgehead atoms. The van der Waals surface area contributed by atoms with Gasteiger partial charge in [-0.3, -0.25) is 0 Å². The van der Waals surface area contributed by atoms with Gasteiger partial charge >= 0.3 is 0 Å². The molecule has 2 aliphatic heterocycles. The number of fused-ring (bicyclic) bond motifs is 2. The third kappa shape index (κ3) is 2.53. The van der Waals surface area contributed by atoms with E-state index in [1.807, 2.05) is 12.1 Å². The first kappa shape index (κ1) is 15.4. The van der Waals surface area contributed by atoms with Crippen LogP contribution < -0.4 is 9.80 Å². The second-order valence-electron chi connectivity index (χ2n) is 6.82. The molecule has 26 heavy (non-hydrogen) atoms. The Kier molecular flexibility index (Phi) is 3.62. The molecule has 5 heterocycles. The zero-order valence-electron chi connectivity index (χ0n) is 14.2. The zero-order chi connectivity index (χ0) is 17.5. The van der Waals surface area contributed by atoms with Crippen molar-refractivity contribution in [3.63, 3.8) is 0 Å². The number of rotatable bonds is 2. The quantitative estimate of drug-likeness (QED) is 0.700. The fourth-order valence-corrected chi connectivity index (χ4v) is 4.17. The summed E-state index contributed by atoms with van der Waals surface area (Å²) in [5.74, 6) is 1.74. The lowest BCUT2D eigenvalue weighted by Crippen LogP contribution is -2.49. The Balaban J connectivity index is 1.47. The van der Waals surface area contributed by atoms with Crippen LogP contribution in [0.5, 0.6) is 0 Å². The molecule has 0 N–H and O–H groups in total. The molecule has 2 unspecified atom stereocenters. The molecule has 3 aromatic heterocycles. The smallest absolute Gasteiger partial charge is 0.225 e. The van der Waals surface area contributed by atoms with Crippen LogP contribution in [0.25, 0.3) is 11.0 Å². The first-order valence-corrected chi connectivity index (χ1v) is 8.84. The van der Waals surface area contributed by atoms with Crippen LogP contribution in [0.1, 0.15) is 12.8 Å². The van der Waals surface area contributed by atoms with Crippen molar-refractivity contribution in [2.45, 2.75) is 18.9 Å². The highest BCUT2D eigenvalue weighted by atomic mass is 19.1. The molecule has 2 atom stereocenters. The van der Waals surface area contributed by atoms with E-state index in [1.54, 1.807) is 12.5 Å². The Morgan fingerprint density at radius 2 is 1.85 bits per heavy atom. The Morgan fingerprint density at radius 1 is 1.00 bits per heavy atom. The number of halogens is 1. The van der Waals surface area contributed by atoms with Crippen LogP contribution in [0, 0.1) is 11.7 Å². The molecule has 132 valence electrons. The van der Waals surface area contributed by atoms with Gasteiger partial charge in [0, 0.05) is 25.8 Å². The molecule has 2 fully saturated rings. The summed E-state index contributed by atoms with van der Waals surface area (Å²) in [5, 5.41) is 0.978. The van der Waals surface area contributed by atoms with Gasteiger partial charge in [0.15, 0.2) is 11.5 Å². The molecule has 0 spiro atoms. The van der Waals surface area contributed by atoms with Gasteiger partial charge in [-0.25, -0.2) is 29.3 Å². The largest absolute Gasteiger partial charge is 0.351 e. The molecular formula is C18H18FN7. The fraction of sp³-hybridized carbons (Fsp3) is 0.389. The Bertz CT molecular complexity index is 927. The highest BCUT2D eigenvalue weighted by Crippen LogP contribution is 2.37. The van der Waals surface area contributed by atoms with Gasteiger partial charge in [0.2, 0.25) is 5.95 Å². The molecule has 0 amide bonds. The third-order valence-electron chi connectivity index (χ3n) is 5.41. The summed E-state index contributed by atoms with van der Waals surface area (Å²) in [6, 6.07) is 4.27. The van der Waals surface area contributed by atoms with Crippen molar-refractivity contribution in [3.05, 3.63) is 42.9 Å². The van der Waals surface area contributed by atoms with Crippen LogP contribution in [-0.2, 0) is 0 Å². The van der Waals surface area contributed by atoms with E-state index in [0.717, 1.165) is 49.3 Å². The van der Waals surface area contributed by atoms with Gasteiger partial charge in [-0.05, 0) is 30.9 Å². The van der Waals surface area contributed by atoms with Crippen LogP contribution >= 0.6 is 0 Å². The molecule has 0 radical (unpaired) electrons. The molecular weight excluding hydrogens is 333 g/mol. The second kappa shape index (κ2) is 6.12. The predicted octanol–water partition coefficient (Wildman–Crippen LogP) is 2.06. The fourth-order valence-electron chi connectivity index (χ4n) is 4.17. The summed E-state index contributed by atoms with van der Waals surface area (Å²) in [4.78, 5) is 26.0. The summed E-state index contributed by atoms with van der Waals surface area (Å²) in [5.41, 5.74) is 0.718. The molecule has 5 rings (SSSR count). The summed E-state index contributed by atoms with van der Waals surface area (Å²) in [6.07, 6.45) is 8.01. The van der Waals surface area contributed by atoms with Gasteiger partial charge < -0.3 is 9.80 Å². The molecule has 7 nitrogen and oxygen atoms in total. The van der Waals surface area contributed by atoms with Crippen LogP contribution in [0.15, 0.2) is 37.1 Å². The Labute approximate surface area is 149 Å². The lowest BCUT2D eigenvalue weighted by Gasteiger charge is -2.39. The SMILES string of the molecule is Fc1cnc(N2CCC3CCN(c4ncnc5ncccc45)C3C2)nc1. The molecule has 0 aromatic carbocycles. The van der Waals surface area contributed by atoms with E-state index in [1.165, 1.54) is 12.4 Å². The number of anilines is 2. The average molecular weight is 351 g/mol. The van der Waals surface area contributed by atoms with E-state index in [4.69, 9.17) is 0 Å². The minimum absolute atomic E-state index is 0.329. The maximum atomic E-state index is 13.1. The van der Waals surface area contributed by atoms with Crippen molar-refractivity contribution in [1.29, 1.82) is 0 Å². The molecule has 8 heteroatoms. The van der Waals surface area contributed by atoms with Crippen LogP contribution in [0.2, 0.25) is 0 Å². The number of aromatic nitrogens is 5. The monoisotopic (exact) mass is 351 g/mol. The topological polar surface area (TPSA) is 70.9 Å².